The molecule has 1 fully saturated rings. The molecule has 0 bridgehead atoms. The third-order valence-electron chi connectivity index (χ3n) is 8.44. The van der Waals surface area contributed by atoms with Crippen LogP contribution in [-0.4, -0.2) is 65.5 Å². The molecule has 2 atom stereocenters. The molecule has 1 saturated heterocycles. The molecule has 2 aromatic heterocycles. The first kappa shape index (κ1) is 35.1. The van der Waals surface area contributed by atoms with E-state index in [-0.39, 0.29) is 11.1 Å². The Balaban J connectivity index is 1.37. The number of aliphatic imine (C=N–C) groups is 1. The highest BCUT2D eigenvalue weighted by Crippen LogP contribution is 2.33. The van der Waals surface area contributed by atoms with Gasteiger partial charge in [-0.25, -0.2) is 9.18 Å². The Morgan fingerprint density at radius 2 is 2.15 bits per heavy atom. The molecule has 0 saturated carbocycles. The molecule has 5 rings (SSSR count). The Kier molecular flexibility index (Phi) is 12.5. The molecule has 2 aromatic carbocycles. The zero-order chi connectivity index (χ0) is 33.3. The van der Waals surface area contributed by atoms with E-state index in [0.29, 0.717) is 47.3 Å². The summed E-state index contributed by atoms with van der Waals surface area (Å²) in [5, 5.41) is 7.92. The van der Waals surface area contributed by atoms with Crippen molar-refractivity contribution in [2.75, 3.05) is 39.1 Å². The van der Waals surface area contributed by atoms with Crippen LogP contribution in [0.2, 0.25) is 5.02 Å². The minimum Gasteiger partial charge on any atom is -0.388 e. The predicted molar refractivity (Wildman–Crippen MR) is 192 cm³/mol. The number of hydrogen-bond acceptors (Lipinski definition) is 7. The third kappa shape index (κ3) is 9.03. The minimum absolute atomic E-state index is 0.0718. The van der Waals surface area contributed by atoms with Gasteiger partial charge in [0.25, 0.3) is 0 Å². The highest BCUT2D eigenvalue weighted by molar-refractivity contribution is 7.98. The molecule has 5 N–H and O–H groups in total. The van der Waals surface area contributed by atoms with Gasteiger partial charge < -0.3 is 26.1 Å². The summed E-state index contributed by atoms with van der Waals surface area (Å²) in [7, 11) is 0. The number of H-pyrrole nitrogens is 1. The largest absolute Gasteiger partial charge is 0.388 e. The molecule has 252 valence electrons. The van der Waals surface area contributed by atoms with Crippen molar-refractivity contribution < 1.29 is 9.13 Å². The van der Waals surface area contributed by atoms with Crippen LogP contribution in [0.1, 0.15) is 63.1 Å². The summed E-state index contributed by atoms with van der Waals surface area (Å²) < 4.78 is 22.4. The number of amidine groups is 1. The number of rotatable bonds is 15. The molecular weight excluding hydrogens is 637 g/mol. The van der Waals surface area contributed by atoms with Crippen molar-refractivity contribution in [3.05, 3.63) is 75.0 Å². The second-order valence-electron chi connectivity index (χ2n) is 12.0. The van der Waals surface area contributed by atoms with Gasteiger partial charge in [0.1, 0.15) is 5.65 Å². The molecule has 0 radical (unpaired) electrons. The van der Waals surface area contributed by atoms with Crippen molar-refractivity contribution in [1.29, 1.82) is 0 Å². The standard InChI is InChI=1S/C35H45ClFN7O2S/c1-4-7-30(41-13-6-12-39-22(2)38)27-11-10-26(19-32(27)47-3)44-20-24-18-31(42-34(24)43-35(44)45)28-16-23(17-29(36)33(28)37)8-5-9-25-21-46-15-14-40-25/h10-11,16-20,25,30,40-41H,4-9,12-15,21H2,1-3H3,(H2,38,39)(H,42,43,45). The van der Waals surface area contributed by atoms with E-state index in [1.54, 1.807) is 35.5 Å². The van der Waals surface area contributed by atoms with Crippen LogP contribution in [0.25, 0.3) is 28.0 Å². The van der Waals surface area contributed by atoms with Gasteiger partial charge >= 0.3 is 5.69 Å². The van der Waals surface area contributed by atoms with Crippen LogP contribution < -0.4 is 22.1 Å². The van der Waals surface area contributed by atoms with E-state index in [1.165, 1.54) is 5.56 Å². The van der Waals surface area contributed by atoms with E-state index < -0.39 is 11.5 Å². The van der Waals surface area contributed by atoms with Crippen LogP contribution in [-0.2, 0) is 11.2 Å². The molecule has 0 amide bonds. The predicted octanol–water partition coefficient (Wildman–Crippen LogP) is 6.40. The number of halogens is 2. The number of nitrogens with zero attached hydrogens (tertiary/aromatic N) is 3. The normalized spacial score (nSPS) is 16.2. The van der Waals surface area contributed by atoms with Gasteiger partial charge in [-0.2, -0.15) is 4.98 Å². The Labute approximate surface area is 284 Å². The summed E-state index contributed by atoms with van der Waals surface area (Å²) in [5.41, 5.74) is 9.39. The number of aromatic amines is 1. The molecular formula is C35H45ClFN7O2S. The average molecular weight is 682 g/mol. The highest BCUT2D eigenvalue weighted by atomic mass is 35.5. The van der Waals surface area contributed by atoms with E-state index in [9.17, 15) is 4.79 Å². The first-order chi connectivity index (χ1) is 22.8. The van der Waals surface area contributed by atoms with E-state index in [2.05, 4.69) is 38.6 Å². The van der Waals surface area contributed by atoms with Crippen LogP contribution >= 0.6 is 23.4 Å². The number of aryl methyl sites for hydroxylation is 1. The topological polar surface area (TPSA) is 122 Å². The monoisotopic (exact) mass is 681 g/mol. The fourth-order valence-corrected chi connectivity index (χ4v) is 7.00. The van der Waals surface area contributed by atoms with Crippen molar-refractivity contribution >= 4 is 40.2 Å². The summed E-state index contributed by atoms with van der Waals surface area (Å²) >= 11 is 8.01. The maximum Gasteiger partial charge on any atom is 0.354 e. The lowest BCUT2D eigenvalue weighted by Crippen LogP contribution is -2.41. The van der Waals surface area contributed by atoms with Crippen LogP contribution in [0.3, 0.4) is 0 Å². The van der Waals surface area contributed by atoms with Gasteiger partial charge in [0.15, 0.2) is 5.82 Å². The molecule has 47 heavy (non-hydrogen) atoms. The van der Waals surface area contributed by atoms with E-state index in [4.69, 9.17) is 22.1 Å². The number of nitrogens with two attached hydrogens (primary N) is 1. The first-order valence-corrected chi connectivity index (χ1v) is 18.0. The number of fused-ring (bicyclic) bond motifs is 1. The number of thioether (sulfide) groups is 1. The summed E-state index contributed by atoms with van der Waals surface area (Å²) in [6.45, 7) is 7.83. The van der Waals surface area contributed by atoms with E-state index in [1.807, 2.05) is 30.5 Å². The average Bonchev–Trinajstić information content (AvgIpc) is 3.48. The van der Waals surface area contributed by atoms with Crippen LogP contribution in [0.5, 0.6) is 0 Å². The van der Waals surface area contributed by atoms with Gasteiger partial charge in [0.2, 0.25) is 0 Å². The number of benzene rings is 2. The Hall–Kier alpha value is -3.22. The van der Waals surface area contributed by atoms with E-state index >= 15 is 4.39 Å². The fraction of sp³-hybridized carbons (Fsp3) is 0.457. The molecule has 0 aliphatic carbocycles. The van der Waals surface area contributed by atoms with Gasteiger partial charge in [-0.1, -0.05) is 31.0 Å². The van der Waals surface area contributed by atoms with Crippen molar-refractivity contribution in [3.63, 3.8) is 0 Å². The first-order valence-electron chi connectivity index (χ1n) is 16.4. The van der Waals surface area contributed by atoms with Gasteiger partial charge in [-0.15, -0.1) is 11.8 Å². The molecule has 3 heterocycles. The zero-order valence-electron chi connectivity index (χ0n) is 27.4. The van der Waals surface area contributed by atoms with Crippen molar-refractivity contribution in [1.82, 2.24) is 25.2 Å². The molecule has 4 aromatic rings. The SMILES string of the molecule is CCCC(NCCCN=C(C)N)c1ccc(-n2cc3cc(-c4cc(CCCC5COCCN5)cc(Cl)c4F)[nH]c3nc2=O)cc1SC. The van der Waals surface area contributed by atoms with E-state index in [0.717, 1.165) is 74.4 Å². The smallest absolute Gasteiger partial charge is 0.354 e. The van der Waals surface area contributed by atoms with Gasteiger partial charge in [0, 0.05) is 47.2 Å². The Bertz CT molecular complexity index is 1750. The third-order valence-corrected chi connectivity index (χ3v) is 9.51. The molecule has 1 aliphatic rings. The second kappa shape index (κ2) is 16.7. The van der Waals surface area contributed by atoms with Crippen LogP contribution in [0.15, 0.2) is 57.3 Å². The quantitative estimate of drug-likeness (QED) is 0.0496. The Morgan fingerprint density at radius 3 is 2.89 bits per heavy atom. The van der Waals surface area contributed by atoms with Gasteiger partial charge in [-0.05, 0) is 93.3 Å². The lowest BCUT2D eigenvalue weighted by Gasteiger charge is -2.23. The number of nitrogens with one attached hydrogen (secondary N) is 3. The van der Waals surface area contributed by atoms with Crippen LogP contribution in [0.4, 0.5) is 4.39 Å². The summed E-state index contributed by atoms with van der Waals surface area (Å²) in [6, 6.07) is 12.0. The fourth-order valence-electron chi connectivity index (χ4n) is 6.07. The highest BCUT2D eigenvalue weighted by Gasteiger charge is 2.19. The maximum atomic E-state index is 15.3. The number of ether oxygens (including phenoxy) is 1. The number of aromatic nitrogens is 3. The summed E-state index contributed by atoms with van der Waals surface area (Å²) in [6.07, 6.45) is 9.37. The second-order valence-corrected chi connectivity index (χ2v) is 13.3. The van der Waals surface area contributed by atoms with Crippen molar-refractivity contribution in [2.24, 2.45) is 10.7 Å². The van der Waals surface area contributed by atoms with Crippen molar-refractivity contribution in [3.8, 4) is 16.9 Å². The van der Waals surface area contributed by atoms with Gasteiger partial charge in [-0.3, -0.25) is 9.56 Å². The lowest BCUT2D eigenvalue weighted by atomic mass is 10.0. The molecule has 1 aliphatic heterocycles. The molecule has 9 nitrogen and oxygen atoms in total. The summed E-state index contributed by atoms with van der Waals surface area (Å²) in [5.74, 6) is 0.0991. The van der Waals surface area contributed by atoms with Crippen LogP contribution in [0, 0.1) is 5.82 Å². The number of morpholine rings is 1. The minimum atomic E-state index is -0.503. The maximum absolute atomic E-state index is 15.3. The lowest BCUT2D eigenvalue weighted by molar-refractivity contribution is 0.0736. The zero-order valence-corrected chi connectivity index (χ0v) is 28.9. The van der Waals surface area contributed by atoms with Crippen molar-refractivity contribution in [2.45, 2.75) is 69.4 Å². The molecule has 0 spiro atoms. The Morgan fingerprint density at radius 1 is 1.30 bits per heavy atom. The summed E-state index contributed by atoms with van der Waals surface area (Å²) in [4.78, 5) is 26.1. The van der Waals surface area contributed by atoms with Gasteiger partial charge in [0.05, 0.1) is 35.5 Å². The molecule has 12 heteroatoms. The molecule has 2 unspecified atom stereocenters. The number of hydrogen-bond donors (Lipinski definition) is 4.